The molecule has 3 heterocycles. The molecule has 1 aliphatic rings. The summed E-state index contributed by atoms with van der Waals surface area (Å²) in [5, 5.41) is 13.2. The highest BCUT2D eigenvalue weighted by atomic mass is 35.5. The summed E-state index contributed by atoms with van der Waals surface area (Å²) in [7, 11) is 0. The highest BCUT2D eigenvalue weighted by molar-refractivity contribution is 6.33. The fraction of sp³-hybridized carbons (Fsp3) is 0.500. The third-order valence-electron chi connectivity index (χ3n) is 4.21. The van der Waals surface area contributed by atoms with Crippen LogP contribution < -0.4 is 10.6 Å². The van der Waals surface area contributed by atoms with Crippen LogP contribution in [0.2, 0.25) is 5.02 Å². The highest BCUT2D eigenvalue weighted by Gasteiger charge is 2.32. The minimum atomic E-state index is -4.53. The minimum absolute atomic E-state index is 0. The quantitative estimate of drug-likeness (QED) is 0.830. The number of carbonyl (C=O) groups is 1. The van der Waals surface area contributed by atoms with E-state index < -0.39 is 11.7 Å². The third-order valence-corrected chi connectivity index (χ3v) is 4.49. The molecule has 0 aromatic carbocycles. The molecule has 1 fully saturated rings. The molecule has 1 unspecified atom stereocenters. The summed E-state index contributed by atoms with van der Waals surface area (Å²) in [6, 6.07) is 0.805. The van der Waals surface area contributed by atoms with Crippen molar-refractivity contribution in [1.82, 2.24) is 25.2 Å². The zero-order chi connectivity index (χ0) is 17.5. The zero-order valence-electron chi connectivity index (χ0n) is 13.1. The average Bonchev–Trinajstić information content (AvgIpc) is 2.85. The van der Waals surface area contributed by atoms with Gasteiger partial charge in [-0.3, -0.25) is 9.20 Å². The number of rotatable bonds is 4. The van der Waals surface area contributed by atoms with Gasteiger partial charge in [-0.25, -0.2) is 0 Å². The van der Waals surface area contributed by atoms with Crippen LogP contribution in [-0.2, 0) is 17.5 Å². The molecule has 2 aromatic rings. The number of nitrogens with one attached hydrogen (secondary N) is 2. The average molecular weight is 398 g/mol. The van der Waals surface area contributed by atoms with Gasteiger partial charge in [-0.15, -0.1) is 22.6 Å². The number of carbonyl (C=O) groups excluding carboxylic acids is 1. The lowest BCUT2D eigenvalue weighted by Crippen LogP contribution is -2.49. The molecule has 11 heteroatoms. The molecular formula is C14H16Cl2F3N5O. The van der Waals surface area contributed by atoms with Gasteiger partial charge in [0.15, 0.2) is 11.5 Å². The number of nitrogens with zero attached hydrogens (tertiary/aromatic N) is 3. The van der Waals surface area contributed by atoms with Crippen molar-refractivity contribution in [1.29, 1.82) is 0 Å². The van der Waals surface area contributed by atoms with E-state index in [1.807, 2.05) is 6.92 Å². The normalized spacial score (nSPS) is 16.2. The van der Waals surface area contributed by atoms with Crippen LogP contribution >= 0.6 is 24.0 Å². The van der Waals surface area contributed by atoms with Gasteiger partial charge < -0.3 is 10.6 Å². The van der Waals surface area contributed by atoms with Gasteiger partial charge in [0.2, 0.25) is 5.91 Å². The standard InChI is InChI=1S/C14H15ClF3N5O.ClH/c1-7(8-3-19-4-8)13(24)20-5-11-21-22-12-10(15)2-9(6-23(11)12)14(16,17)18;/h2,6-8,19H,3-5H2,1H3,(H,20,24);1H. The van der Waals surface area contributed by atoms with E-state index in [9.17, 15) is 18.0 Å². The van der Waals surface area contributed by atoms with Crippen molar-refractivity contribution in [2.24, 2.45) is 11.8 Å². The van der Waals surface area contributed by atoms with Crippen LogP contribution in [-0.4, -0.2) is 33.6 Å². The number of hydrogen-bond donors (Lipinski definition) is 2. The topological polar surface area (TPSA) is 71.3 Å². The summed E-state index contributed by atoms with van der Waals surface area (Å²) in [6.45, 7) is 3.36. The van der Waals surface area contributed by atoms with Crippen LogP contribution in [0, 0.1) is 11.8 Å². The number of amides is 1. The first kappa shape index (κ1) is 19.7. The molecule has 0 radical (unpaired) electrons. The predicted molar refractivity (Wildman–Crippen MR) is 87.6 cm³/mol. The fourth-order valence-electron chi connectivity index (χ4n) is 2.48. The van der Waals surface area contributed by atoms with Crippen molar-refractivity contribution in [3.63, 3.8) is 0 Å². The molecule has 138 valence electrons. The molecule has 6 nitrogen and oxygen atoms in total. The molecule has 0 spiro atoms. The maximum Gasteiger partial charge on any atom is 0.417 e. The third kappa shape index (κ3) is 3.99. The smallest absolute Gasteiger partial charge is 0.349 e. The zero-order valence-corrected chi connectivity index (χ0v) is 14.7. The minimum Gasteiger partial charge on any atom is -0.349 e. The fourth-order valence-corrected chi connectivity index (χ4v) is 2.73. The van der Waals surface area contributed by atoms with Crippen LogP contribution in [0.4, 0.5) is 13.2 Å². The summed E-state index contributed by atoms with van der Waals surface area (Å²) in [6.07, 6.45) is -3.66. The molecule has 3 rings (SSSR count). The van der Waals surface area contributed by atoms with Gasteiger partial charge in [0.05, 0.1) is 17.1 Å². The van der Waals surface area contributed by atoms with Crippen LogP contribution in [0.15, 0.2) is 12.3 Å². The Kier molecular flexibility index (Phi) is 5.80. The first-order chi connectivity index (χ1) is 11.3. The van der Waals surface area contributed by atoms with Gasteiger partial charge in [-0.05, 0) is 25.1 Å². The largest absolute Gasteiger partial charge is 0.417 e. The molecule has 25 heavy (non-hydrogen) atoms. The van der Waals surface area contributed by atoms with Crippen molar-refractivity contribution < 1.29 is 18.0 Å². The van der Waals surface area contributed by atoms with E-state index in [4.69, 9.17) is 11.6 Å². The molecule has 0 bridgehead atoms. The Balaban J connectivity index is 0.00000225. The predicted octanol–water partition coefficient (Wildman–Crippen LogP) is 2.30. The molecule has 0 saturated carbocycles. The van der Waals surface area contributed by atoms with E-state index in [2.05, 4.69) is 20.8 Å². The van der Waals surface area contributed by atoms with Crippen LogP contribution in [0.1, 0.15) is 18.3 Å². The number of halogens is 5. The highest BCUT2D eigenvalue weighted by Crippen LogP contribution is 2.32. The summed E-state index contributed by atoms with van der Waals surface area (Å²) >= 11 is 5.85. The molecule has 1 atom stereocenters. The van der Waals surface area contributed by atoms with E-state index in [1.165, 1.54) is 0 Å². The van der Waals surface area contributed by atoms with Crippen molar-refractivity contribution in [2.75, 3.05) is 13.1 Å². The van der Waals surface area contributed by atoms with Crippen molar-refractivity contribution in [2.45, 2.75) is 19.6 Å². The maximum absolute atomic E-state index is 12.9. The molecule has 0 aliphatic carbocycles. The Bertz CT molecular complexity index is 776. The number of pyridine rings is 1. The van der Waals surface area contributed by atoms with E-state index in [0.29, 0.717) is 0 Å². The monoisotopic (exact) mass is 397 g/mol. The van der Waals surface area contributed by atoms with Gasteiger partial charge in [0, 0.05) is 12.1 Å². The van der Waals surface area contributed by atoms with Gasteiger partial charge in [-0.2, -0.15) is 13.2 Å². The maximum atomic E-state index is 12.9. The molecule has 1 aliphatic heterocycles. The Labute approximate surface area is 152 Å². The van der Waals surface area contributed by atoms with E-state index >= 15 is 0 Å². The second kappa shape index (κ2) is 7.35. The van der Waals surface area contributed by atoms with Gasteiger partial charge >= 0.3 is 6.18 Å². The Morgan fingerprint density at radius 2 is 2.16 bits per heavy atom. The van der Waals surface area contributed by atoms with Gasteiger partial charge in [0.1, 0.15) is 0 Å². The van der Waals surface area contributed by atoms with E-state index in [-0.39, 0.29) is 53.2 Å². The van der Waals surface area contributed by atoms with Gasteiger partial charge in [-0.1, -0.05) is 18.5 Å². The van der Waals surface area contributed by atoms with Crippen molar-refractivity contribution in [3.05, 3.63) is 28.7 Å². The first-order valence-electron chi connectivity index (χ1n) is 7.36. The van der Waals surface area contributed by atoms with Crippen LogP contribution in [0.3, 0.4) is 0 Å². The second-order valence-corrected chi connectivity index (χ2v) is 6.22. The van der Waals surface area contributed by atoms with Crippen molar-refractivity contribution >= 4 is 35.6 Å². The molecule has 1 saturated heterocycles. The number of fused-ring (bicyclic) bond motifs is 1. The van der Waals surface area contributed by atoms with Crippen molar-refractivity contribution in [3.8, 4) is 0 Å². The Morgan fingerprint density at radius 3 is 2.72 bits per heavy atom. The van der Waals surface area contributed by atoms with Gasteiger partial charge in [0.25, 0.3) is 0 Å². The summed E-state index contributed by atoms with van der Waals surface area (Å²) < 4.78 is 39.9. The van der Waals surface area contributed by atoms with Crippen LogP contribution in [0.5, 0.6) is 0 Å². The van der Waals surface area contributed by atoms with Crippen LogP contribution in [0.25, 0.3) is 5.65 Å². The van der Waals surface area contributed by atoms with E-state index in [1.54, 1.807) is 0 Å². The summed E-state index contributed by atoms with van der Waals surface area (Å²) in [4.78, 5) is 12.1. The van der Waals surface area contributed by atoms with E-state index in [0.717, 1.165) is 29.8 Å². The summed E-state index contributed by atoms with van der Waals surface area (Å²) in [5.74, 6) is 0.104. The Morgan fingerprint density at radius 1 is 1.48 bits per heavy atom. The lowest BCUT2D eigenvalue weighted by molar-refractivity contribution is -0.138. The molecule has 2 N–H and O–H groups in total. The SMILES string of the molecule is CC(C(=O)NCc1nnc2c(Cl)cc(C(F)(F)F)cn12)C1CNC1.Cl. The first-order valence-corrected chi connectivity index (χ1v) is 7.74. The lowest BCUT2D eigenvalue weighted by atomic mass is 9.88. The number of alkyl halides is 3. The molecule has 1 amide bonds. The number of hydrogen-bond acceptors (Lipinski definition) is 4. The lowest BCUT2D eigenvalue weighted by Gasteiger charge is -2.31. The Hall–Kier alpha value is -1.58. The molecule has 2 aromatic heterocycles. The second-order valence-electron chi connectivity index (χ2n) is 5.81. The summed E-state index contributed by atoms with van der Waals surface area (Å²) in [5.41, 5.74) is -0.786. The molecular weight excluding hydrogens is 382 g/mol. The number of aromatic nitrogens is 3.